The predicted molar refractivity (Wildman–Crippen MR) is 109 cm³/mol. The molecule has 1 aliphatic heterocycles. The van der Waals surface area contributed by atoms with Crippen LogP contribution in [-0.2, 0) is 9.53 Å². The zero-order valence-electron chi connectivity index (χ0n) is 16.7. The number of rotatable bonds is 6. The number of esters is 1. The van der Waals surface area contributed by atoms with Gasteiger partial charge in [-0.05, 0) is 16.5 Å². The van der Waals surface area contributed by atoms with Gasteiger partial charge >= 0.3 is 5.97 Å². The number of nitro benzene ring substituents is 2. The van der Waals surface area contributed by atoms with Crippen LogP contribution in [0.3, 0.4) is 0 Å². The molecule has 0 amide bonds. The molecule has 0 fully saturated rings. The van der Waals surface area contributed by atoms with E-state index in [-0.39, 0.29) is 39.7 Å². The van der Waals surface area contributed by atoms with E-state index in [1.165, 1.54) is 42.5 Å². The maximum Gasteiger partial charge on any atom is 0.355 e. The standard InChI is InChI=1S/C19H13N7O7/c1-33-18(28)15-14(17(27)10-5-4-6-11(9-10)25(29)30)16(24-19(20-15)21-22-23-24)12-7-2-3-8-13(12)26(31)32/h2-9,16H,1H3,(H,20,21,23)/t16-/m1/s1. The summed E-state index contributed by atoms with van der Waals surface area (Å²) >= 11 is 0. The molecule has 1 atom stereocenters. The second kappa shape index (κ2) is 8.26. The smallest absolute Gasteiger partial charge is 0.355 e. The minimum Gasteiger partial charge on any atom is -0.464 e. The molecular weight excluding hydrogens is 438 g/mol. The number of anilines is 1. The summed E-state index contributed by atoms with van der Waals surface area (Å²) in [6, 6.07) is 9.14. The average Bonchev–Trinajstić information content (AvgIpc) is 3.30. The molecule has 1 aliphatic rings. The van der Waals surface area contributed by atoms with Crippen LogP contribution in [0.2, 0.25) is 0 Å². The molecule has 4 rings (SSSR count). The Morgan fingerprint density at radius 1 is 1.09 bits per heavy atom. The molecule has 0 spiro atoms. The minimum atomic E-state index is -1.31. The number of aromatic nitrogens is 4. The van der Waals surface area contributed by atoms with E-state index in [2.05, 4.69) is 20.8 Å². The number of ether oxygens (including phenoxy) is 1. The summed E-state index contributed by atoms with van der Waals surface area (Å²) in [5, 5.41) is 36.6. The van der Waals surface area contributed by atoms with Gasteiger partial charge in [0.2, 0.25) is 5.95 Å². The summed E-state index contributed by atoms with van der Waals surface area (Å²) in [4.78, 5) is 47.8. The van der Waals surface area contributed by atoms with Crippen LogP contribution < -0.4 is 5.32 Å². The molecule has 14 heteroatoms. The normalized spacial score (nSPS) is 14.8. The SMILES string of the molecule is COC(=O)C1=C(C(=O)c2cccc([N+](=O)[O-])c2)[C@@H](c2ccccc2[N+](=O)[O-])n2nnnc2N1. The Morgan fingerprint density at radius 3 is 2.55 bits per heavy atom. The quantitative estimate of drug-likeness (QED) is 0.249. The Bertz CT molecular complexity index is 1350. The zero-order chi connectivity index (χ0) is 23.7. The fourth-order valence-electron chi connectivity index (χ4n) is 3.48. The second-order valence-electron chi connectivity index (χ2n) is 6.71. The van der Waals surface area contributed by atoms with Crippen LogP contribution in [0.5, 0.6) is 0 Å². The Balaban J connectivity index is 2.00. The van der Waals surface area contributed by atoms with Crippen LogP contribution >= 0.6 is 0 Å². The van der Waals surface area contributed by atoms with Gasteiger partial charge in [0.1, 0.15) is 11.7 Å². The third-order valence-corrected chi connectivity index (χ3v) is 4.90. The van der Waals surface area contributed by atoms with Crippen molar-refractivity contribution < 1.29 is 24.2 Å². The van der Waals surface area contributed by atoms with E-state index in [0.29, 0.717) is 0 Å². The zero-order valence-corrected chi connectivity index (χ0v) is 16.7. The number of Topliss-reactive ketones (excluding diaryl/α,β-unsaturated/α-hetero) is 1. The summed E-state index contributed by atoms with van der Waals surface area (Å²) in [5.41, 5.74) is -1.43. The van der Waals surface area contributed by atoms with E-state index >= 15 is 0 Å². The number of carbonyl (C=O) groups excluding carboxylic acids is 2. The number of nitrogens with one attached hydrogen (secondary N) is 1. The first-order valence-electron chi connectivity index (χ1n) is 9.23. The van der Waals surface area contributed by atoms with Crippen molar-refractivity contribution in [3.63, 3.8) is 0 Å². The lowest BCUT2D eigenvalue weighted by molar-refractivity contribution is -0.385. The highest BCUT2D eigenvalue weighted by Gasteiger charge is 2.41. The molecule has 0 bridgehead atoms. The maximum absolute atomic E-state index is 13.6. The van der Waals surface area contributed by atoms with Gasteiger partial charge in [0, 0.05) is 23.8 Å². The van der Waals surface area contributed by atoms with E-state index in [4.69, 9.17) is 4.74 Å². The van der Waals surface area contributed by atoms with Crippen LogP contribution in [0.1, 0.15) is 22.0 Å². The number of fused-ring (bicyclic) bond motifs is 1. The third kappa shape index (κ3) is 3.65. The lowest BCUT2D eigenvalue weighted by Gasteiger charge is -2.27. The first kappa shape index (κ1) is 21.2. The fourth-order valence-corrected chi connectivity index (χ4v) is 3.48. The Hall–Kier alpha value is -5.01. The molecule has 166 valence electrons. The molecule has 14 nitrogen and oxygen atoms in total. The van der Waals surface area contributed by atoms with Crippen molar-refractivity contribution in [2.45, 2.75) is 6.04 Å². The van der Waals surface area contributed by atoms with E-state index in [9.17, 15) is 29.8 Å². The molecule has 3 aromatic rings. The largest absolute Gasteiger partial charge is 0.464 e. The van der Waals surface area contributed by atoms with Crippen molar-refractivity contribution in [2.24, 2.45) is 0 Å². The van der Waals surface area contributed by atoms with E-state index < -0.39 is 27.6 Å². The summed E-state index contributed by atoms with van der Waals surface area (Å²) in [6.45, 7) is 0. The molecule has 0 radical (unpaired) electrons. The fraction of sp³-hybridized carbons (Fsp3) is 0.105. The molecule has 0 saturated carbocycles. The van der Waals surface area contributed by atoms with Crippen molar-refractivity contribution in [3.8, 4) is 0 Å². The van der Waals surface area contributed by atoms with E-state index in [1.54, 1.807) is 0 Å². The van der Waals surface area contributed by atoms with Gasteiger partial charge in [0.05, 0.1) is 28.1 Å². The third-order valence-electron chi connectivity index (χ3n) is 4.90. The molecule has 2 aromatic carbocycles. The molecule has 2 heterocycles. The molecule has 0 saturated heterocycles. The maximum atomic E-state index is 13.6. The minimum absolute atomic E-state index is 0.0210. The highest BCUT2D eigenvalue weighted by atomic mass is 16.6. The molecule has 33 heavy (non-hydrogen) atoms. The Morgan fingerprint density at radius 2 is 1.85 bits per heavy atom. The molecular formula is C19H13N7O7. The number of hydrogen-bond donors (Lipinski definition) is 1. The number of ketones is 1. The van der Waals surface area contributed by atoms with Crippen molar-refractivity contribution in [1.29, 1.82) is 0 Å². The summed E-state index contributed by atoms with van der Waals surface area (Å²) in [6.07, 6.45) is 0. The van der Waals surface area contributed by atoms with Crippen LogP contribution in [0, 0.1) is 20.2 Å². The van der Waals surface area contributed by atoms with Gasteiger partial charge < -0.3 is 10.1 Å². The number of tetrazole rings is 1. The number of hydrogen-bond acceptors (Lipinski definition) is 11. The second-order valence-corrected chi connectivity index (χ2v) is 6.71. The van der Waals surface area contributed by atoms with Crippen LogP contribution in [-0.4, -0.2) is 48.9 Å². The number of allylic oxidation sites excluding steroid dienone is 1. The van der Waals surface area contributed by atoms with Crippen LogP contribution in [0.25, 0.3) is 0 Å². The lowest BCUT2D eigenvalue weighted by Crippen LogP contribution is -2.33. The number of benzene rings is 2. The van der Waals surface area contributed by atoms with Crippen molar-refractivity contribution >= 4 is 29.1 Å². The summed E-state index contributed by atoms with van der Waals surface area (Å²) in [7, 11) is 1.09. The van der Waals surface area contributed by atoms with Crippen molar-refractivity contribution in [2.75, 3.05) is 12.4 Å². The monoisotopic (exact) mass is 451 g/mol. The molecule has 0 unspecified atom stereocenters. The van der Waals surface area contributed by atoms with Gasteiger partial charge in [-0.25, -0.2) is 4.79 Å². The summed E-state index contributed by atoms with van der Waals surface area (Å²) in [5.74, 6) is -1.83. The van der Waals surface area contributed by atoms with Gasteiger partial charge in [0.25, 0.3) is 11.4 Å². The van der Waals surface area contributed by atoms with Gasteiger partial charge in [-0.1, -0.05) is 29.4 Å². The molecule has 1 N–H and O–H groups in total. The van der Waals surface area contributed by atoms with Gasteiger partial charge in [0.15, 0.2) is 5.78 Å². The number of carbonyl (C=O) groups is 2. The van der Waals surface area contributed by atoms with Crippen LogP contribution in [0.15, 0.2) is 59.8 Å². The van der Waals surface area contributed by atoms with Crippen molar-refractivity contribution in [1.82, 2.24) is 20.2 Å². The average molecular weight is 451 g/mol. The molecule has 1 aromatic heterocycles. The lowest BCUT2D eigenvalue weighted by atomic mass is 9.88. The topological polar surface area (TPSA) is 185 Å². The first-order chi connectivity index (χ1) is 15.8. The van der Waals surface area contributed by atoms with Gasteiger partial charge in [-0.2, -0.15) is 4.68 Å². The van der Waals surface area contributed by atoms with Crippen LogP contribution in [0.4, 0.5) is 17.3 Å². The highest BCUT2D eigenvalue weighted by Crippen LogP contribution is 2.40. The highest BCUT2D eigenvalue weighted by molar-refractivity contribution is 6.15. The number of non-ortho nitro benzene ring substituents is 1. The van der Waals surface area contributed by atoms with E-state index in [1.807, 2.05) is 0 Å². The Kier molecular flexibility index (Phi) is 5.31. The number of methoxy groups -OCH3 is 1. The van der Waals surface area contributed by atoms with Gasteiger partial charge in [-0.15, -0.1) is 0 Å². The Labute approximate surface area is 183 Å². The van der Waals surface area contributed by atoms with E-state index in [0.717, 1.165) is 17.9 Å². The molecule has 0 aliphatic carbocycles. The number of para-hydroxylation sites is 1. The van der Waals surface area contributed by atoms with Crippen molar-refractivity contribution in [3.05, 3.63) is 91.2 Å². The number of nitro groups is 2. The predicted octanol–water partition coefficient (Wildman–Crippen LogP) is 1.81. The van der Waals surface area contributed by atoms with Gasteiger partial charge in [-0.3, -0.25) is 25.0 Å². The first-order valence-corrected chi connectivity index (χ1v) is 9.23. The number of nitrogens with zero attached hydrogens (tertiary/aromatic N) is 6. The summed E-state index contributed by atoms with van der Waals surface area (Å²) < 4.78 is 5.90.